The van der Waals surface area contributed by atoms with Gasteiger partial charge >= 0.3 is 0 Å². The first-order valence-corrected chi connectivity index (χ1v) is 13.1. The molecule has 0 spiro atoms. The van der Waals surface area contributed by atoms with Crippen LogP contribution in [0.15, 0.2) is 23.1 Å². The normalized spacial score (nSPS) is 28.0. The summed E-state index contributed by atoms with van der Waals surface area (Å²) in [6.07, 6.45) is 1.22. The van der Waals surface area contributed by atoms with E-state index >= 15 is 0 Å². The summed E-state index contributed by atoms with van der Waals surface area (Å²) in [5.74, 6) is -2.68. The first kappa shape index (κ1) is 24.6. The molecule has 1 aliphatic carbocycles. The van der Waals surface area contributed by atoms with Gasteiger partial charge in [0.25, 0.3) is 0 Å². The number of rotatable bonds is 6. The molecule has 0 aromatic heterocycles. The van der Waals surface area contributed by atoms with Crippen molar-refractivity contribution < 1.29 is 32.3 Å². The molecule has 10 nitrogen and oxygen atoms in total. The van der Waals surface area contributed by atoms with Crippen LogP contribution < -0.4 is 10.1 Å². The van der Waals surface area contributed by atoms with Gasteiger partial charge in [0.1, 0.15) is 5.75 Å². The third-order valence-corrected chi connectivity index (χ3v) is 8.94. The van der Waals surface area contributed by atoms with Gasteiger partial charge in [0.05, 0.1) is 48.2 Å². The Labute approximate surface area is 199 Å². The highest BCUT2D eigenvalue weighted by Crippen LogP contribution is 2.45. The largest absolute Gasteiger partial charge is 0.492 e. The fourth-order valence-corrected chi connectivity index (χ4v) is 6.65. The number of ether oxygens (including phenoxy) is 2. The molecular weight excluding hydrogens is 462 g/mol. The average molecular weight is 494 g/mol. The summed E-state index contributed by atoms with van der Waals surface area (Å²) in [6.45, 7) is 5.16. The van der Waals surface area contributed by atoms with Gasteiger partial charge in [0.15, 0.2) is 0 Å². The summed E-state index contributed by atoms with van der Waals surface area (Å²) >= 11 is 0. The first-order chi connectivity index (χ1) is 16.2. The summed E-state index contributed by atoms with van der Waals surface area (Å²) in [5.41, 5.74) is 0.223. The molecule has 186 valence electrons. The van der Waals surface area contributed by atoms with Crippen LogP contribution in [-0.2, 0) is 29.1 Å². The Balaban J connectivity index is 1.64. The highest BCUT2D eigenvalue weighted by Gasteiger charge is 2.55. The summed E-state index contributed by atoms with van der Waals surface area (Å²) in [5, 5.41) is 2.82. The molecule has 4 atom stereocenters. The Morgan fingerprint density at radius 3 is 2.56 bits per heavy atom. The van der Waals surface area contributed by atoms with Crippen molar-refractivity contribution >= 4 is 33.4 Å². The lowest BCUT2D eigenvalue weighted by Gasteiger charge is -2.34. The van der Waals surface area contributed by atoms with Crippen LogP contribution in [0, 0.1) is 23.7 Å². The van der Waals surface area contributed by atoms with Crippen LogP contribution in [0.1, 0.15) is 26.7 Å². The summed E-state index contributed by atoms with van der Waals surface area (Å²) in [6, 6.07) is 4.38. The van der Waals surface area contributed by atoms with Crippen LogP contribution in [0.5, 0.6) is 5.75 Å². The number of fused-ring (bicyclic) bond motifs is 1. The van der Waals surface area contributed by atoms with Crippen LogP contribution in [0.25, 0.3) is 0 Å². The maximum absolute atomic E-state index is 13.5. The van der Waals surface area contributed by atoms with E-state index in [1.807, 2.05) is 6.92 Å². The van der Waals surface area contributed by atoms with Gasteiger partial charge in [-0.3, -0.25) is 19.3 Å². The van der Waals surface area contributed by atoms with Crippen LogP contribution in [-0.4, -0.2) is 75.3 Å². The second-order valence-electron chi connectivity index (χ2n) is 9.04. The molecule has 0 bridgehead atoms. The van der Waals surface area contributed by atoms with Crippen molar-refractivity contribution in [3.8, 4) is 5.75 Å². The van der Waals surface area contributed by atoms with E-state index in [-0.39, 0.29) is 41.4 Å². The van der Waals surface area contributed by atoms with Gasteiger partial charge in [0.2, 0.25) is 27.7 Å². The third kappa shape index (κ3) is 4.32. The fourth-order valence-electron chi connectivity index (χ4n) is 5.21. The standard InChI is InChI=1S/C23H31N3O7S/c1-4-33-18-8-6-15(34(30,31)26-9-11-32-12-10-26)13-17(18)24-21(27)19-14(2)5-7-16-20(19)23(29)25(3)22(16)28/h6,8,13-14,16,19-20H,4-5,7,9-12H2,1-3H3,(H,24,27). The highest BCUT2D eigenvalue weighted by atomic mass is 32.2. The zero-order valence-electron chi connectivity index (χ0n) is 19.7. The van der Waals surface area contributed by atoms with E-state index in [0.717, 1.165) is 4.90 Å². The first-order valence-electron chi connectivity index (χ1n) is 11.6. The summed E-state index contributed by atoms with van der Waals surface area (Å²) in [7, 11) is -2.33. The summed E-state index contributed by atoms with van der Waals surface area (Å²) < 4.78 is 38.5. The molecule has 3 aliphatic rings. The van der Waals surface area contributed by atoms with E-state index in [1.165, 1.54) is 29.6 Å². The number of hydrogen-bond donors (Lipinski definition) is 1. The van der Waals surface area contributed by atoms with E-state index in [9.17, 15) is 22.8 Å². The number of sulfonamides is 1. The lowest BCUT2D eigenvalue weighted by Crippen LogP contribution is -2.43. The summed E-state index contributed by atoms with van der Waals surface area (Å²) in [4.78, 5) is 39.9. The molecule has 1 aromatic carbocycles. The van der Waals surface area contributed by atoms with E-state index in [1.54, 1.807) is 6.92 Å². The van der Waals surface area contributed by atoms with Gasteiger partial charge in [-0.15, -0.1) is 0 Å². The molecular formula is C23H31N3O7S. The SMILES string of the molecule is CCOc1ccc(S(=O)(=O)N2CCOCC2)cc1NC(=O)C1C(C)CCC2C(=O)N(C)C(=O)C21. The number of amides is 3. The number of carbonyl (C=O) groups is 3. The number of morpholine rings is 1. The van der Waals surface area contributed by atoms with Crippen molar-refractivity contribution in [3.63, 3.8) is 0 Å². The maximum Gasteiger partial charge on any atom is 0.243 e. The molecule has 1 saturated carbocycles. The van der Waals surface area contributed by atoms with E-state index in [4.69, 9.17) is 9.47 Å². The maximum atomic E-state index is 13.5. The highest BCUT2D eigenvalue weighted by molar-refractivity contribution is 7.89. The van der Waals surface area contributed by atoms with Gasteiger partial charge in [-0.1, -0.05) is 6.92 Å². The number of benzene rings is 1. The van der Waals surface area contributed by atoms with Gasteiger partial charge < -0.3 is 14.8 Å². The molecule has 3 amide bonds. The van der Waals surface area contributed by atoms with Crippen molar-refractivity contribution in [1.82, 2.24) is 9.21 Å². The second kappa shape index (κ2) is 9.63. The topological polar surface area (TPSA) is 122 Å². The lowest BCUT2D eigenvalue weighted by atomic mass is 9.67. The van der Waals surface area contributed by atoms with Gasteiger partial charge in [-0.2, -0.15) is 4.31 Å². The smallest absolute Gasteiger partial charge is 0.243 e. The van der Waals surface area contributed by atoms with Gasteiger partial charge in [-0.05, 0) is 43.9 Å². The number of likely N-dealkylation sites (tertiary alicyclic amines) is 1. The number of carbonyl (C=O) groups excluding carboxylic acids is 3. The molecule has 2 heterocycles. The predicted octanol–water partition coefficient (Wildman–Crippen LogP) is 1.32. The van der Waals surface area contributed by atoms with Crippen molar-refractivity contribution in [2.75, 3.05) is 45.3 Å². The average Bonchev–Trinajstić information content (AvgIpc) is 3.04. The van der Waals surface area contributed by atoms with Crippen LogP contribution >= 0.6 is 0 Å². The zero-order valence-corrected chi connectivity index (χ0v) is 20.5. The van der Waals surface area contributed by atoms with Crippen molar-refractivity contribution in [1.29, 1.82) is 0 Å². The number of nitrogens with one attached hydrogen (secondary N) is 1. The monoisotopic (exact) mass is 493 g/mol. The number of hydrogen-bond acceptors (Lipinski definition) is 7. The fraction of sp³-hybridized carbons (Fsp3) is 0.609. The molecule has 1 aromatic rings. The minimum Gasteiger partial charge on any atom is -0.492 e. The lowest BCUT2D eigenvalue weighted by molar-refractivity contribution is -0.140. The minimum absolute atomic E-state index is 0.0366. The molecule has 4 rings (SSSR count). The molecule has 11 heteroatoms. The van der Waals surface area contributed by atoms with E-state index < -0.39 is 33.7 Å². The van der Waals surface area contributed by atoms with Crippen LogP contribution in [0.4, 0.5) is 5.69 Å². The van der Waals surface area contributed by atoms with Gasteiger partial charge in [0, 0.05) is 20.1 Å². The molecule has 34 heavy (non-hydrogen) atoms. The van der Waals surface area contributed by atoms with E-state index in [0.29, 0.717) is 38.4 Å². The van der Waals surface area contributed by atoms with Crippen LogP contribution in [0.2, 0.25) is 0 Å². The molecule has 1 N–H and O–H groups in total. The van der Waals surface area contributed by atoms with E-state index in [2.05, 4.69) is 5.32 Å². The quantitative estimate of drug-likeness (QED) is 0.593. The Morgan fingerprint density at radius 1 is 1.18 bits per heavy atom. The zero-order chi connectivity index (χ0) is 24.6. The Kier molecular flexibility index (Phi) is 6.97. The Hall–Kier alpha value is -2.50. The van der Waals surface area contributed by atoms with Gasteiger partial charge in [-0.25, -0.2) is 8.42 Å². The molecule has 2 saturated heterocycles. The number of nitrogens with zero attached hydrogens (tertiary/aromatic N) is 2. The molecule has 2 aliphatic heterocycles. The molecule has 0 radical (unpaired) electrons. The number of anilines is 1. The van der Waals surface area contributed by atoms with Crippen molar-refractivity contribution in [3.05, 3.63) is 18.2 Å². The number of imide groups is 1. The molecule has 3 fully saturated rings. The van der Waals surface area contributed by atoms with Crippen molar-refractivity contribution in [2.24, 2.45) is 23.7 Å². The Bertz CT molecular complexity index is 1080. The van der Waals surface area contributed by atoms with Crippen LogP contribution in [0.3, 0.4) is 0 Å². The molecule has 4 unspecified atom stereocenters. The predicted molar refractivity (Wildman–Crippen MR) is 122 cm³/mol. The van der Waals surface area contributed by atoms with Crippen molar-refractivity contribution in [2.45, 2.75) is 31.6 Å². The minimum atomic E-state index is -3.78. The second-order valence-corrected chi connectivity index (χ2v) is 11.0. The Morgan fingerprint density at radius 2 is 1.88 bits per heavy atom. The third-order valence-electron chi connectivity index (χ3n) is 7.05.